The van der Waals surface area contributed by atoms with Gasteiger partial charge < -0.3 is 19.2 Å². The summed E-state index contributed by atoms with van der Waals surface area (Å²) in [6, 6.07) is 14.6. The molecule has 0 unspecified atom stereocenters. The predicted octanol–water partition coefficient (Wildman–Crippen LogP) is 3.11. The van der Waals surface area contributed by atoms with Crippen molar-refractivity contribution in [2.24, 2.45) is 0 Å². The number of hydrogen-bond acceptors (Lipinski definition) is 4. The minimum atomic E-state index is -1.29. The van der Waals surface area contributed by atoms with Crippen molar-refractivity contribution < 1.29 is 19.4 Å². The second-order valence-corrected chi connectivity index (χ2v) is 5.97. The average Bonchev–Trinajstić information content (AvgIpc) is 3.08. The molecular weight excluding hydrogens is 334 g/mol. The fraction of sp³-hybridized carbons (Fsp3) is 0.100. The number of aliphatic hydroxyl groups is 1. The number of furan rings is 1. The smallest absolute Gasteiger partial charge is 0.341 e. The van der Waals surface area contributed by atoms with Crippen LogP contribution in [0.25, 0.3) is 33.2 Å². The Morgan fingerprint density at radius 3 is 2.65 bits per heavy atom. The van der Waals surface area contributed by atoms with Crippen molar-refractivity contribution in [2.45, 2.75) is 6.54 Å². The second kappa shape index (κ2) is 6.16. The first kappa shape index (κ1) is 16.1. The maximum atomic E-state index is 12.6. The van der Waals surface area contributed by atoms with E-state index < -0.39 is 11.4 Å². The first-order valence-corrected chi connectivity index (χ1v) is 8.09. The van der Waals surface area contributed by atoms with Gasteiger partial charge in [-0.25, -0.2) is 4.79 Å². The summed E-state index contributed by atoms with van der Waals surface area (Å²) in [7, 11) is 0. The molecule has 0 amide bonds. The van der Waals surface area contributed by atoms with Gasteiger partial charge in [-0.05, 0) is 30.3 Å². The first-order valence-electron chi connectivity index (χ1n) is 8.09. The van der Waals surface area contributed by atoms with E-state index in [1.807, 2.05) is 36.4 Å². The fourth-order valence-electron chi connectivity index (χ4n) is 3.12. The standard InChI is InChI=1S/C20H15NO5/c22-8-7-21-11-15(20(24)25)19(23)14-9-13(5-6-16(14)21)18-10-12-3-1-2-4-17(12)26-18/h1-6,9-11,22H,7-8H2,(H,24,25). The van der Waals surface area contributed by atoms with Crippen LogP contribution in [0, 0.1) is 0 Å². The van der Waals surface area contributed by atoms with E-state index in [-0.39, 0.29) is 24.1 Å². The molecule has 2 heterocycles. The highest BCUT2D eigenvalue weighted by Gasteiger charge is 2.16. The molecule has 0 aliphatic rings. The van der Waals surface area contributed by atoms with Gasteiger partial charge in [-0.15, -0.1) is 0 Å². The lowest BCUT2D eigenvalue weighted by Crippen LogP contribution is -2.19. The van der Waals surface area contributed by atoms with E-state index in [0.29, 0.717) is 16.8 Å². The molecule has 0 saturated heterocycles. The number of fused-ring (bicyclic) bond motifs is 2. The number of aromatic nitrogens is 1. The molecular formula is C20H15NO5. The van der Waals surface area contributed by atoms with Crippen molar-refractivity contribution in [1.82, 2.24) is 4.57 Å². The summed E-state index contributed by atoms with van der Waals surface area (Å²) in [6.45, 7) is 0.0311. The number of aliphatic hydroxyl groups excluding tert-OH is 1. The lowest BCUT2D eigenvalue weighted by Gasteiger charge is -2.11. The van der Waals surface area contributed by atoms with E-state index in [0.717, 1.165) is 11.0 Å². The molecule has 0 saturated carbocycles. The van der Waals surface area contributed by atoms with Crippen LogP contribution in [0.4, 0.5) is 0 Å². The molecule has 2 aromatic heterocycles. The normalized spacial score (nSPS) is 11.3. The average molecular weight is 349 g/mol. The molecule has 0 atom stereocenters. The Kier molecular flexibility index (Phi) is 3.82. The number of carboxylic acid groups (broad SMARTS) is 1. The van der Waals surface area contributed by atoms with Crippen LogP contribution in [-0.4, -0.2) is 27.4 Å². The molecule has 6 heteroatoms. The molecule has 130 valence electrons. The topological polar surface area (TPSA) is 92.7 Å². The third kappa shape index (κ3) is 2.57. The molecule has 0 fully saturated rings. The quantitative estimate of drug-likeness (QED) is 0.590. The van der Waals surface area contributed by atoms with E-state index in [1.54, 1.807) is 16.7 Å². The van der Waals surface area contributed by atoms with Crippen LogP contribution >= 0.6 is 0 Å². The number of nitrogens with zero attached hydrogens (tertiary/aromatic N) is 1. The highest BCUT2D eigenvalue weighted by Crippen LogP contribution is 2.29. The van der Waals surface area contributed by atoms with Crippen LogP contribution in [0.5, 0.6) is 0 Å². The number of pyridine rings is 1. The zero-order chi connectivity index (χ0) is 18.3. The van der Waals surface area contributed by atoms with Gasteiger partial charge in [0, 0.05) is 29.1 Å². The van der Waals surface area contributed by atoms with Crippen molar-refractivity contribution in [3.63, 3.8) is 0 Å². The monoisotopic (exact) mass is 349 g/mol. The zero-order valence-electron chi connectivity index (χ0n) is 13.7. The van der Waals surface area contributed by atoms with Gasteiger partial charge in [-0.3, -0.25) is 4.79 Å². The summed E-state index contributed by atoms with van der Waals surface area (Å²) in [5.41, 5.74) is 1.10. The van der Waals surface area contributed by atoms with Gasteiger partial charge >= 0.3 is 5.97 Å². The summed E-state index contributed by atoms with van der Waals surface area (Å²) >= 11 is 0. The molecule has 0 aliphatic carbocycles. The lowest BCUT2D eigenvalue weighted by molar-refractivity contribution is 0.0694. The van der Waals surface area contributed by atoms with Crippen LogP contribution in [0.2, 0.25) is 0 Å². The number of carbonyl (C=O) groups is 1. The number of aromatic carboxylic acids is 1. The Morgan fingerprint density at radius 2 is 1.92 bits per heavy atom. The Bertz CT molecular complexity index is 1170. The van der Waals surface area contributed by atoms with E-state index in [1.165, 1.54) is 6.20 Å². The number of hydrogen-bond donors (Lipinski definition) is 2. The molecule has 26 heavy (non-hydrogen) atoms. The lowest BCUT2D eigenvalue weighted by atomic mass is 10.1. The van der Waals surface area contributed by atoms with Gasteiger partial charge in [0.05, 0.1) is 12.1 Å². The predicted molar refractivity (Wildman–Crippen MR) is 97.5 cm³/mol. The van der Waals surface area contributed by atoms with E-state index in [2.05, 4.69) is 0 Å². The second-order valence-electron chi connectivity index (χ2n) is 5.97. The zero-order valence-corrected chi connectivity index (χ0v) is 13.7. The van der Waals surface area contributed by atoms with Gasteiger partial charge in [-0.2, -0.15) is 0 Å². The molecule has 2 aromatic carbocycles. The van der Waals surface area contributed by atoms with Crippen molar-refractivity contribution in [3.8, 4) is 11.3 Å². The Balaban J connectivity index is 1.97. The molecule has 0 aliphatic heterocycles. The van der Waals surface area contributed by atoms with E-state index in [4.69, 9.17) is 4.42 Å². The molecule has 4 aromatic rings. The van der Waals surface area contributed by atoms with Crippen LogP contribution in [0.15, 0.2) is 63.9 Å². The third-order valence-electron chi connectivity index (χ3n) is 4.36. The molecule has 6 nitrogen and oxygen atoms in total. The van der Waals surface area contributed by atoms with Gasteiger partial charge in [0.1, 0.15) is 16.9 Å². The Hall–Kier alpha value is -3.38. The number of carboxylic acids is 1. The Morgan fingerprint density at radius 1 is 1.12 bits per heavy atom. The highest BCUT2D eigenvalue weighted by molar-refractivity contribution is 5.94. The summed E-state index contributed by atoms with van der Waals surface area (Å²) in [6.07, 6.45) is 1.27. The van der Waals surface area contributed by atoms with Gasteiger partial charge in [-0.1, -0.05) is 18.2 Å². The highest BCUT2D eigenvalue weighted by atomic mass is 16.4. The van der Waals surface area contributed by atoms with Crippen LogP contribution < -0.4 is 5.43 Å². The fourth-order valence-corrected chi connectivity index (χ4v) is 3.12. The first-order chi connectivity index (χ1) is 12.6. The third-order valence-corrected chi connectivity index (χ3v) is 4.36. The van der Waals surface area contributed by atoms with E-state index in [9.17, 15) is 19.8 Å². The van der Waals surface area contributed by atoms with Crippen LogP contribution in [0.1, 0.15) is 10.4 Å². The van der Waals surface area contributed by atoms with Crippen molar-refractivity contribution in [1.29, 1.82) is 0 Å². The van der Waals surface area contributed by atoms with Crippen LogP contribution in [0.3, 0.4) is 0 Å². The summed E-state index contributed by atoms with van der Waals surface area (Å²) in [5.74, 6) is -0.695. The van der Waals surface area contributed by atoms with Crippen molar-refractivity contribution >= 4 is 27.8 Å². The summed E-state index contributed by atoms with van der Waals surface area (Å²) in [4.78, 5) is 24.0. The maximum Gasteiger partial charge on any atom is 0.341 e. The Labute approximate surface area is 147 Å². The van der Waals surface area contributed by atoms with Gasteiger partial charge in [0.15, 0.2) is 0 Å². The molecule has 4 rings (SSSR count). The summed E-state index contributed by atoms with van der Waals surface area (Å²) < 4.78 is 7.41. The van der Waals surface area contributed by atoms with Crippen molar-refractivity contribution in [3.05, 3.63) is 70.5 Å². The SMILES string of the molecule is O=C(O)c1cn(CCO)c2ccc(-c3cc4ccccc4o3)cc2c1=O. The largest absolute Gasteiger partial charge is 0.477 e. The van der Waals surface area contributed by atoms with E-state index >= 15 is 0 Å². The van der Waals surface area contributed by atoms with Gasteiger partial charge in [0.2, 0.25) is 5.43 Å². The number of benzene rings is 2. The molecule has 0 bridgehead atoms. The number of para-hydroxylation sites is 1. The van der Waals surface area contributed by atoms with Crippen molar-refractivity contribution in [2.75, 3.05) is 6.61 Å². The number of rotatable bonds is 4. The minimum Gasteiger partial charge on any atom is -0.477 e. The summed E-state index contributed by atoms with van der Waals surface area (Å²) in [5, 5.41) is 19.8. The van der Waals surface area contributed by atoms with Crippen LogP contribution in [-0.2, 0) is 6.54 Å². The molecule has 0 radical (unpaired) electrons. The van der Waals surface area contributed by atoms with Gasteiger partial charge in [0.25, 0.3) is 0 Å². The minimum absolute atomic E-state index is 0.164. The molecule has 2 N–H and O–H groups in total. The maximum absolute atomic E-state index is 12.6. The molecule has 0 spiro atoms.